The maximum Gasteiger partial charge on any atom is 0.255 e. The van der Waals surface area contributed by atoms with Gasteiger partial charge in [0.1, 0.15) is 0 Å². The smallest absolute Gasteiger partial charge is 0.255 e. The largest absolute Gasteiger partial charge is 0.364 e. The molecule has 2 heterocycles. The third-order valence-corrected chi connectivity index (χ3v) is 7.08. The maximum absolute atomic E-state index is 13.0. The molecule has 0 bridgehead atoms. The number of aromatic nitrogens is 2. The van der Waals surface area contributed by atoms with Gasteiger partial charge in [0, 0.05) is 43.3 Å². The van der Waals surface area contributed by atoms with E-state index >= 15 is 0 Å². The molecule has 0 aliphatic carbocycles. The first kappa shape index (κ1) is 24.4. The van der Waals surface area contributed by atoms with Crippen LogP contribution in [0, 0.1) is 0 Å². The Balaban J connectivity index is 1.17. The molecular weight excluding hydrogens is 521 g/mol. The Labute approximate surface area is 222 Å². The van der Waals surface area contributed by atoms with Crippen LogP contribution in [0.25, 0.3) is 10.9 Å². The van der Waals surface area contributed by atoms with E-state index in [9.17, 15) is 9.59 Å². The number of hydrogen-bond donors (Lipinski definition) is 2. The van der Waals surface area contributed by atoms with E-state index in [2.05, 4.69) is 15.5 Å². The number of benzene rings is 3. The van der Waals surface area contributed by atoms with Gasteiger partial charge < -0.3 is 15.1 Å². The molecule has 1 fully saturated rings. The van der Waals surface area contributed by atoms with E-state index in [4.69, 9.17) is 34.8 Å². The number of hydrogen-bond acceptors (Lipinski definition) is 4. The van der Waals surface area contributed by atoms with Crippen LogP contribution in [0.1, 0.15) is 26.3 Å². The number of anilines is 1. The first-order valence-electron chi connectivity index (χ1n) is 11.4. The molecule has 1 aromatic heterocycles. The van der Waals surface area contributed by atoms with E-state index in [1.54, 1.807) is 28.0 Å². The fourth-order valence-electron chi connectivity index (χ4n) is 4.24. The lowest BCUT2D eigenvalue weighted by Crippen LogP contribution is -2.50. The minimum Gasteiger partial charge on any atom is -0.364 e. The Hall–Kier alpha value is -3.26. The van der Waals surface area contributed by atoms with Gasteiger partial charge in [-0.05, 0) is 48.0 Å². The first-order valence-corrected chi connectivity index (χ1v) is 12.5. The second-order valence-corrected chi connectivity index (χ2v) is 9.74. The summed E-state index contributed by atoms with van der Waals surface area (Å²) in [6.07, 6.45) is 0. The summed E-state index contributed by atoms with van der Waals surface area (Å²) >= 11 is 18.4. The Kier molecular flexibility index (Phi) is 7.05. The molecule has 2 amide bonds. The fourth-order valence-corrected chi connectivity index (χ4v) is 4.99. The lowest BCUT2D eigenvalue weighted by molar-refractivity contribution is 0.0535. The number of rotatable bonds is 5. The summed E-state index contributed by atoms with van der Waals surface area (Å²) in [6.45, 7) is 2.31. The highest BCUT2D eigenvalue weighted by atomic mass is 35.5. The Morgan fingerprint density at radius 2 is 1.56 bits per heavy atom. The number of halogens is 3. The molecule has 0 saturated carbocycles. The standard InChI is InChI=1S/C26H22Cl3N5O2/c27-18-8-9-19(21(29)14-18)26(36)34-12-10-33(11-13-34)25(35)17-6-4-16(5-7-17)15-30-24-23-20(28)2-1-3-22(23)31-32-24/h1-9,14H,10-13,15H2,(H2,30,31,32). The minimum absolute atomic E-state index is 0.0591. The molecule has 5 rings (SSSR count). The van der Waals surface area contributed by atoms with Crippen molar-refractivity contribution in [3.63, 3.8) is 0 Å². The van der Waals surface area contributed by atoms with Crippen molar-refractivity contribution in [1.29, 1.82) is 0 Å². The molecule has 184 valence electrons. The van der Waals surface area contributed by atoms with Crippen molar-refractivity contribution in [2.45, 2.75) is 6.54 Å². The molecule has 2 N–H and O–H groups in total. The molecule has 1 aliphatic rings. The second-order valence-electron chi connectivity index (χ2n) is 8.49. The highest BCUT2D eigenvalue weighted by Gasteiger charge is 2.26. The molecular formula is C26H22Cl3N5O2. The molecule has 4 aromatic rings. The van der Waals surface area contributed by atoms with Crippen LogP contribution in [0.15, 0.2) is 60.7 Å². The van der Waals surface area contributed by atoms with Crippen LogP contribution < -0.4 is 5.32 Å². The van der Waals surface area contributed by atoms with E-state index in [0.717, 1.165) is 16.5 Å². The van der Waals surface area contributed by atoms with Crippen LogP contribution >= 0.6 is 34.8 Å². The summed E-state index contributed by atoms with van der Waals surface area (Å²) in [5.41, 5.74) is 2.89. The van der Waals surface area contributed by atoms with Crippen LogP contribution in [0.4, 0.5) is 5.82 Å². The van der Waals surface area contributed by atoms with Crippen LogP contribution in [0.3, 0.4) is 0 Å². The van der Waals surface area contributed by atoms with Gasteiger partial charge in [-0.3, -0.25) is 14.7 Å². The number of carbonyl (C=O) groups excluding carboxylic acids is 2. The number of aromatic amines is 1. The van der Waals surface area contributed by atoms with Gasteiger partial charge in [-0.2, -0.15) is 5.10 Å². The number of fused-ring (bicyclic) bond motifs is 1. The lowest BCUT2D eigenvalue weighted by atomic mass is 10.1. The van der Waals surface area contributed by atoms with E-state index in [0.29, 0.717) is 64.7 Å². The van der Waals surface area contributed by atoms with Crippen molar-refractivity contribution in [3.05, 3.63) is 92.4 Å². The highest BCUT2D eigenvalue weighted by Crippen LogP contribution is 2.28. The second kappa shape index (κ2) is 10.4. The molecule has 0 atom stereocenters. The zero-order chi connectivity index (χ0) is 25.2. The summed E-state index contributed by atoms with van der Waals surface area (Å²) < 4.78 is 0. The summed E-state index contributed by atoms with van der Waals surface area (Å²) in [6, 6.07) is 17.9. The van der Waals surface area contributed by atoms with Gasteiger partial charge >= 0.3 is 0 Å². The molecule has 0 unspecified atom stereocenters. The lowest BCUT2D eigenvalue weighted by Gasteiger charge is -2.35. The van der Waals surface area contributed by atoms with Crippen molar-refractivity contribution in [3.8, 4) is 0 Å². The monoisotopic (exact) mass is 541 g/mol. The van der Waals surface area contributed by atoms with Crippen LogP contribution in [-0.2, 0) is 6.54 Å². The van der Waals surface area contributed by atoms with Crippen molar-refractivity contribution >= 4 is 63.3 Å². The molecule has 3 aromatic carbocycles. The Morgan fingerprint density at radius 1 is 0.861 bits per heavy atom. The Bertz CT molecular complexity index is 1430. The molecule has 10 heteroatoms. The van der Waals surface area contributed by atoms with E-state index in [1.165, 1.54) is 0 Å². The molecule has 1 saturated heterocycles. The van der Waals surface area contributed by atoms with Crippen molar-refractivity contribution in [1.82, 2.24) is 20.0 Å². The number of H-pyrrole nitrogens is 1. The predicted molar refractivity (Wildman–Crippen MR) is 143 cm³/mol. The quantitative estimate of drug-likeness (QED) is 0.337. The van der Waals surface area contributed by atoms with Crippen LogP contribution in [0.2, 0.25) is 15.1 Å². The van der Waals surface area contributed by atoms with Crippen LogP contribution in [-0.4, -0.2) is 58.0 Å². The zero-order valence-corrected chi connectivity index (χ0v) is 21.4. The van der Waals surface area contributed by atoms with Crippen molar-refractivity contribution in [2.75, 3.05) is 31.5 Å². The molecule has 36 heavy (non-hydrogen) atoms. The number of carbonyl (C=O) groups is 2. The fraction of sp³-hybridized carbons (Fsp3) is 0.192. The number of amides is 2. The van der Waals surface area contributed by atoms with Crippen molar-refractivity contribution in [2.24, 2.45) is 0 Å². The van der Waals surface area contributed by atoms with Gasteiger partial charge in [0.25, 0.3) is 11.8 Å². The zero-order valence-electron chi connectivity index (χ0n) is 19.1. The van der Waals surface area contributed by atoms with E-state index < -0.39 is 0 Å². The number of piperazine rings is 1. The van der Waals surface area contributed by atoms with E-state index in [-0.39, 0.29) is 11.8 Å². The van der Waals surface area contributed by atoms with Gasteiger partial charge in [0.15, 0.2) is 5.82 Å². The average molecular weight is 543 g/mol. The topological polar surface area (TPSA) is 81.3 Å². The Morgan fingerprint density at radius 3 is 2.25 bits per heavy atom. The normalized spacial score (nSPS) is 13.8. The summed E-state index contributed by atoms with van der Waals surface area (Å²) in [5, 5.41) is 12.8. The van der Waals surface area contributed by atoms with Crippen LogP contribution in [0.5, 0.6) is 0 Å². The third kappa shape index (κ3) is 5.00. The first-order chi connectivity index (χ1) is 17.4. The maximum atomic E-state index is 13.0. The van der Waals surface area contributed by atoms with E-state index in [1.807, 2.05) is 42.5 Å². The molecule has 7 nitrogen and oxygen atoms in total. The molecule has 0 spiro atoms. The van der Waals surface area contributed by atoms with Gasteiger partial charge in [-0.25, -0.2) is 0 Å². The average Bonchev–Trinajstić information content (AvgIpc) is 3.31. The molecule has 0 radical (unpaired) electrons. The third-order valence-electron chi connectivity index (χ3n) is 6.22. The molecule has 1 aliphatic heterocycles. The summed E-state index contributed by atoms with van der Waals surface area (Å²) in [5.74, 6) is 0.464. The van der Waals surface area contributed by atoms with Gasteiger partial charge in [-0.1, -0.05) is 53.0 Å². The van der Waals surface area contributed by atoms with Crippen molar-refractivity contribution < 1.29 is 9.59 Å². The van der Waals surface area contributed by atoms with Gasteiger partial charge in [0.2, 0.25) is 0 Å². The number of nitrogens with one attached hydrogen (secondary N) is 2. The summed E-state index contributed by atoms with van der Waals surface area (Å²) in [4.78, 5) is 29.3. The highest BCUT2D eigenvalue weighted by molar-refractivity contribution is 6.37. The van der Waals surface area contributed by atoms with Gasteiger partial charge in [-0.15, -0.1) is 0 Å². The SMILES string of the molecule is O=C(c1ccc(CNc2n[nH]c3cccc(Cl)c23)cc1)N1CCN(C(=O)c2ccc(Cl)cc2Cl)CC1. The van der Waals surface area contributed by atoms with Gasteiger partial charge in [0.05, 0.1) is 26.5 Å². The predicted octanol–water partition coefficient (Wildman–Crippen LogP) is 5.73. The minimum atomic E-state index is -0.161. The summed E-state index contributed by atoms with van der Waals surface area (Å²) in [7, 11) is 0. The number of nitrogens with zero attached hydrogens (tertiary/aromatic N) is 3.